The predicted molar refractivity (Wildman–Crippen MR) is 62.6 cm³/mol. The molecule has 0 saturated heterocycles. The van der Waals surface area contributed by atoms with Gasteiger partial charge in [0.2, 0.25) is 0 Å². The maximum atomic E-state index is 11.1. The van der Waals surface area contributed by atoms with Gasteiger partial charge in [-0.2, -0.15) is 0 Å². The number of allylic oxidation sites excluding steroid dienone is 1. The van der Waals surface area contributed by atoms with Crippen molar-refractivity contribution in [1.82, 2.24) is 0 Å². The highest BCUT2D eigenvalue weighted by molar-refractivity contribution is 6.08. The maximum absolute atomic E-state index is 11.1. The summed E-state index contributed by atoms with van der Waals surface area (Å²) in [4.78, 5) is 11.1. The van der Waals surface area contributed by atoms with Gasteiger partial charge in [-0.25, -0.2) is 0 Å². The minimum Gasteiger partial charge on any atom is -0.493 e. The van der Waals surface area contributed by atoms with Crippen LogP contribution in [0.5, 0.6) is 0 Å². The molecule has 0 amide bonds. The van der Waals surface area contributed by atoms with Crippen LogP contribution >= 0.6 is 0 Å². The highest BCUT2D eigenvalue weighted by Crippen LogP contribution is 2.22. The number of carbonyl (C=O) groups is 1. The zero-order valence-corrected chi connectivity index (χ0v) is 9.40. The van der Waals surface area contributed by atoms with E-state index in [0.29, 0.717) is 17.1 Å². The molecular weight excluding hydrogens is 204 g/mol. The second kappa shape index (κ2) is 5.75. The number of rotatable bonds is 5. The van der Waals surface area contributed by atoms with E-state index in [2.05, 4.69) is 6.58 Å². The third-order valence-electron chi connectivity index (χ3n) is 2.15. The Hall–Kier alpha value is -2.03. The Morgan fingerprint density at radius 2 is 1.81 bits per heavy atom. The van der Waals surface area contributed by atoms with Crippen molar-refractivity contribution in [2.24, 2.45) is 0 Å². The van der Waals surface area contributed by atoms with Crippen molar-refractivity contribution < 1.29 is 14.3 Å². The van der Waals surface area contributed by atoms with E-state index in [1.165, 1.54) is 14.2 Å². The minimum absolute atomic E-state index is 0.327. The monoisotopic (exact) mass is 218 g/mol. The molecule has 0 aliphatic carbocycles. The molecule has 1 aromatic rings. The highest BCUT2D eigenvalue weighted by atomic mass is 16.5. The van der Waals surface area contributed by atoms with Crippen LogP contribution in [-0.2, 0) is 14.3 Å². The Balaban J connectivity index is 3.27. The van der Waals surface area contributed by atoms with Gasteiger partial charge in [-0.15, -0.1) is 0 Å². The van der Waals surface area contributed by atoms with Crippen LogP contribution in [0, 0.1) is 0 Å². The summed E-state index contributed by atoms with van der Waals surface area (Å²) in [6.45, 7) is 3.67. The first-order valence-electron chi connectivity index (χ1n) is 4.76. The number of carbonyl (C=O) groups excluding carboxylic acids is 1. The molecule has 3 heteroatoms. The van der Waals surface area contributed by atoms with Crippen molar-refractivity contribution in [3.05, 3.63) is 54.0 Å². The van der Waals surface area contributed by atoms with Crippen LogP contribution in [0.4, 0.5) is 0 Å². The maximum Gasteiger partial charge on any atom is 0.171 e. The number of hydrogen-bond donors (Lipinski definition) is 0. The summed E-state index contributed by atoms with van der Waals surface area (Å²) in [6.07, 6.45) is 0.734. The van der Waals surface area contributed by atoms with Crippen LogP contribution in [0.25, 0.3) is 5.57 Å². The molecule has 16 heavy (non-hydrogen) atoms. The van der Waals surface area contributed by atoms with E-state index in [1.807, 2.05) is 30.3 Å². The van der Waals surface area contributed by atoms with Gasteiger partial charge in [0.25, 0.3) is 0 Å². The molecule has 0 atom stereocenters. The van der Waals surface area contributed by atoms with E-state index in [4.69, 9.17) is 9.47 Å². The van der Waals surface area contributed by atoms with E-state index in [1.54, 1.807) is 0 Å². The van der Waals surface area contributed by atoms with Crippen molar-refractivity contribution in [3.63, 3.8) is 0 Å². The average molecular weight is 218 g/mol. The fourth-order valence-electron chi connectivity index (χ4n) is 1.34. The number of aldehydes is 1. The van der Waals surface area contributed by atoms with Gasteiger partial charge >= 0.3 is 0 Å². The molecule has 0 aliphatic heterocycles. The van der Waals surface area contributed by atoms with E-state index in [-0.39, 0.29) is 0 Å². The number of methoxy groups -OCH3 is 2. The normalized spacial score (nSPS) is 11.4. The zero-order valence-electron chi connectivity index (χ0n) is 9.40. The third-order valence-corrected chi connectivity index (χ3v) is 2.15. The van der Waals surface area contributed by atoms with Crippen molar-refractivity contribution in [3.8, 4) is 0 Å². The standard InChI is InChI=1S/C13H14O3/c1-10(15-2)13(16-3)12(9-14)11-7-5-4-6-8-11/h4-9H,1H2,2-3H3. The lowest BCUT2D eigenvalue weighted by Gasteiger charge is -2.11. The largest absolute Gasteiger partial charge is 0.493 e. The molecule has 0 aromatic heterocycles. The van der Waals surface area contributed by atoms with Crippen LogP contribution in [0.3, 0.4) is 0 Å². The fraction of sp³-hybridized carbons (Fsp3) is 0.154. The van der Waals surface area contributed by atoms with Gasteiger partial charge in [0.05, 0.1) is 19.8 Å². The summed E-state index contributed by atoms with van der Waals surface area (Å²) >= 11 is 0. The molecule has 3 nitrogen and oxygen atoms in total. The lowest BCUT2D eigenvalue weighted by molar-refractivity contribution is -0.103. The van der Waals surface area contributed by atoms with Crippen LogP contribution in [0.1, 0.15) is 5.56 Å². The van der Waals surface area contributed by atoms with Crippen LogP contribution in [0.15, 0.2) is 48.4 Å². The number of hydrogen-bond acceptors (Lipinski definition) is 3. The lowest BCUT2D eigenvalue weighted by Crippen LogP contribution is -2.00. The Morgan fingerprint density at radius 3 is 2.25 bits per heavy atom. The molecule has 0 aliphatic rings. The Labute approximate surface area is 95.0 Å². The first-order chi connectivity index (χ1) is 7.74. The van der Waals surface area contributed by atoms with Crippen LogP contribution in [0.2, 0.25) is 0 Å². The summed E-state index contributed by atoms with van der Waals surface area (Å²) in [5.74, 6) is 0.678. The Kier molecular flexibility index (Phi) is 4.33. The molecule has 0 bridgehead atoms. The second-order valence-corrected chi connectivity index (χ2v) is 3.06. The molecule has 1 rings (SSSR count). The molecule has 0 unspecified atom stereocenters. The summed E-state index contributed by atoms with van der Waals surface area (Å²) < 4.78 is 10.1. The van der Waals surface area contributed by atoms with Gasteiger partial charge in [-0.3, -0.25) is 4.79 Å². The van der Waals surface area contributed by atoms with Gasteiger partial charge < -0.3 is 9.47 Å². The zero-order chi connectivity index (χ0) is 12.0. The van der Waals surface area contributed by atoms with Crippen molar-refractivity contribution in [1.29, 1.82) is 0 Å². The van der Waals surface area contributed by atoms with E-state index < -0.39 is 0 Å². The summed E-state index contributed by atoms with van der Waals surface area (Å²) in [5.41, 5.74) is 1.20. The smallest absolute Gasteiger partial charge is 0.171 e. The van der Waals surface area contributed by atoms with E-state index in [0.717, 1.165) is 11.8 Å². The predicted octanol–water partition coefficient (Wildman–Crippen LogP) is 2.40. The van der Waals surface area contributed by atoms with Gasteiger partial charge in [-0.1, -0.05) is 36.9 Å². The molecule has 84 valence electrons. The topological polar surface area (TPSA) is 35.5 Å². The molecule has 1 aromatic carbocycles. The lowest BCUT2D eigenvalue weighted by atomic mass is 10.1. The van der Waals surface area contributed by atoms with Crippen molar-refractivity contribution in [2.75, 3.05) is 14.2 Å². The van der Waals surface area contributed by atoms with E-state index >= 15 is 0 Å². The fourth-order valence-corrected chi connectivity index (χ4v) is 1.34. The van der Waals surface area contributed by atoms with Crippen molar-refractivity contribution in [2.45, 2.75) is 0 Å². The number of ether oxygens (including phenoxy) is 2. The molecule has 0 spiro atoms. The van der Waals surface area contributed by atoms with Gasteiger partial charge in [0, 0.05) is 0 Å². The van der Waals surface area contributed by atoms with Crippen LogP contribution in [-0.4, -0.2) is 20.5 Å². The third kappa shape index (κ3) is 2.51. The summed E-state index contributed by atoms with van der Waals surface area (Å²) in [7, 11) is 2.96. The Bertz CT molecular complexity index is 404. The first kappa shape index (κ1) is 12.0. The summed E-state index contributed by atoms with van der Waals surface area (Å²) in [5, 5.41) is 0. The SMILES string of the molecule is C=C(OC)C(OC)=C(C=O)c1ccccc1. The van der Waals surface area contributed by atoms with E-state index in [9.17, 15) is 4.79 Å². The van der Waals surface area contributed by atoms with Gasteiger partial charge in [0.1, 0.15) is 0 Å². The number of benzene rings is 1. The van der Waals surface area contributed by atoms with Gasteiger partial charge in [0.15, 0.2) is 17.8 Å². The molecule has 0 heterocycles. The van der Waals surface area contributed by atoms with Crippen molar-refractivity contribution >= 4 is 11.9 Å². The molecule has 0 fully saturated rings. The minimum atomic E-state index is 0.327. The highest BCUT2D eigenvalue weighted by Gasteiger charge is 2.12. The molecule has 0 N–H and O–H groups in total. The Morgan fingerprint density at radius 1 is 1.19 bits per heavy atom. The van der Waals surface area contributed by atoms with Gasteiger partial charge in [-0.05, 0) is 5.56 Å². The first-order valence-corrected chi connectivity index (χ1v) is 4.76. The van der Waals surface area contributed by atoms with Crippen LogP contribution < -0.4 is 0 Å². The second-order valence-electron chi connectivity index (χ2n) is 3.06. The quantitative estimate of drug-likeness (QED) is 0.329. The molecule has 0 radical (unpaired) electrons. The average Bonchev–Trinajstić information content (AvgIpc) is 2.36. The molecular formula is C13H14O3. The summed E-state index contributed by atoms with van der Waals surface area (Å²) in [6, 6.07) is 9.23. The molecule has 0 saturated carbocycles.